The standard InChI is InChI=1S/C20H17BrN2O2/c1-14-5-3-6-16(13-14)23(2)20(24)18-7-4-12-22-19(18)25-17-10-8-15(21)9-11-17/h3-13H,1-2H3. The molecule has 0 radical (unpaired) electrons. The fourth-order valence-corrected chi connectivity index (χ4v) is 2.65. The Kier molecular flexibility index (Phi) is 5.14. The summed E-state index contributed by atoms with van der Waals surface area (Å²) < 4.78 is 6.77. The third kappa shape index (κ3) is 4.06. The van der Waals surface area contributed by atoms with Crippen molar-refractivity contribution in [3.8, 4) is 11.6 Å². The summed E-state index contributed by atoms with van der Waals surface area (Å²) in [5, 5.41) is 0. The molecule has 3 rings (SSSR count). The van der Waals surface area contributed by atoms with Crippen molar-refractivity contribution in [2.24, 2.45) is 0 Å². The molecule has 25 heavy (non-hydrogen) atoms. The lowest BCUT2D eigenvalue weighted by molar-refractivity contribution is 0.0990. The first-order valence-corrected chi connectivity index (χ1v) is 8.57. The smallest absolute Gasteiger partial charge is 0.263 e. The molecule has 2 aromatic carbocycles. The van der Waals surface area contributed by atoms with Gasteiger partial charge in [0, 0.05) is 23.4 Å². The Morgan fingerprint density at radius 1 is 1.08 bits per heavy atom. The van der Waals surface area contributed by atoms with Crippen molar-refractivity contribution in [2.45, 2.75) is 6.92 Å². The van der Waals surface area contributed by atoms with Crippen molar-refractivity contribution in [1.82, 2.24) is 4.98 Å². The van der Waals surface area contributed by atoms with E-state index in [-0.39, 0.29) is 11.8 Å². The van der Waals surface area contributed by atoms with Crippen molar-refractivity contribution < 1.29 is 9.53 Å². The maximum atomic E-state index is 12.9. The second-order valence-corrected chi connectivity index (χ2v) is 6.53. The number of halogens is 1. The lowest BCUT2D eigenvalue weighted by Crippen LogP contribution is -2.26. The molecule has 1 heterocycles. The number of rotatable bonds is 4. The molecule has 0 saturated carbocycles. The van der Waals surface area contributed by atoms with Crippen LogP contribution in [-0.2, 0) is 0 Å². The molecule has 0 aliphatic carbocycles. The van der Waals surface area contributed by atoms with Gasteiger partial charge >= 0.3 is 0 Å². The number of pyridine rings is 1. The third-order valence-electron chi connectivity index (χ3n) is 3.72. The number of ether oxygens (including phenoxy) is 1. The molecule has 0 unspecified atom stereocenters. The minimum atomic E-state index is -0.175. The molecule has 5 heteroatoms. The maximum absolute atomic E-state index is 12.9. The fraction of sp³-hybridized carbons (Fsp3) is 0.100. The van der Waals surface area contributed by atoms with Gasteiger partial charge in [0.25, 0.3) is 5.91 Å². The Balaban J connectivity index is 1.89. The molecule has 0 aliphatic rings. The lowest BCUT2D eigenvalue weighted by atomic mass is 10.2. The van der Waals surface area contributed by atoms with E-state index >= 15 is 0 Å². The second kappa shape index (κ2) is 7.49. The third-order valence-corrected chi connectivity index (χ3v) is 4.25. The predicted octanol–water partition coefficient (Wildman–Crippen LogP) is 5.22. The van der Waals surface area contributed by atoms with Gasteiger partial charge in [0.05, 0.1) is 0 Å². The van der Waals surface area contributed by atoms with Crippen LogP contribution in [0.2, 0.25) is 0 Å². The van der Waals surface area contributed by atoms with Crippen LogP contribution in [0, 0.1) is 6.92 Å². The van der Waals surface area contributed by atoms with Crippen molar-refractivity contribution in [3.63, 3.8) is 0 Å². The van der Waals surface area contributed by atoms with Gasteiger partial charge in [-0.3, -0.25) is 4.79 Å². The number of anilines is 1. The first-order valence-electron chi connectivity index (χ1n) is 7.78. The van der Waals surface area contributed by atoms with Crippen LogP contribution in [0.15, 0.2) is 71.3 Å². The predicted molar refractivity (Wildman–Crippen MR) is 102 cm³/mol. The minimum Gasteiger partial charge on any atom is -0.438 e. The quantitative estimate of drug-likeness (QED) is 0.606. The summed E-state index contributed by atoms with van der Waals surface area (Å²) in [5.74, 6) is 0.731. The Labute approximate surface area is 155 Å². The van der Waals surface area contributed by atoms with Gasteiger partial charge in [0.2, 0.25) is 5.88 Å². The maximum Gasteiger partial charge on any atom is 0.263 e. The highest BCUT2D eigenvalue weighted by Crippen LogP contribution is 2.26. The van der Waals surface area contributed by atoms with Gasteiger partial charge in [-0.15, -0.1) is 0 Å². The summed E-state index contributed by atoms with van der Waals surface area (Å²) in [6.07, 6.45) is 1.61. The molecule has 0 bridgehead atoms. The van der Waals surface area contributed by atoms with Gasteiger partial charge < -0.3 is 9.64 Å². The molecule has 126 valence electrons. The molecule has 0 spiro atoms. The van der Waals surface area contributed by atoms with Gasteiger partial charge in [0.1, 0.15) is 11.3 Å². The number of aromatic nitrogens is 1. The number of hydrogen-bond donors (Lipinski definition) is 0. The highest BCUT2D eigenvalue weighted by molar-refractivity contribution is 9.10. The van der Waals surface area contributed by atoms with Gasteiger partial charge in [-0.05, 0) is 61.0 Å². The number of nitrogens with zero attached hydrogens (tertiary/aromatic N) is 2. The van der Waals surface area contributed by atoms with Crippen molar-refractivity contribution in [3.05, 3.63) is 82.5 Å². The van der Waals surface area contributed by atoms with Crippen molar-refractivity contribution in [2.75, 3.05) is 11.9 Å². The molecular weight excluding hydrogens is 380 g/mol. The SMILES string of the molecule is Cc1cccc(N(C)C(=O)c2cccnc2Oc2ccc(Br)cc2)c1. The Hall–Kier alpha value is -2.66. The van der Waals surface area contributed by atoms with Gasteiger partial charge in [-0.2, -0.15) is 0 Å². The van der Waals surface area contributed by atoms with Crippen LogP contribution in [0.25, 0.3) is 0 Å². The molecule has 4 nitrogen and oxygen atoms in total. The van der Waals surface area contributed by atoms with E-state index in [2.05, 4.69) is 20.9 Å². The van der Waals surface area contributed by atoms with Crippen molar-refractivity contribution in [1.29, 1.82) is 0 Å². The fourth-order valence-electron chi connectivity index (χ4n) is 2.38. The van der Waals surface area contributed by atoms with E-state index in [1.165, 1.54) is 0 Å². The summed E-state index contributed by atoms with van der Waals surface area (Å²) in [6.45, 7) is 1.99. The zero-order valence-electron chi connectivity index (χ0n) is 13.9. The van der Waals surface area contributed by atoms with Gasteiger partial charge in [-0.25, -0.2) is 4.98 Å². The average molecular weight is 397 g/mol. The molecule has 0 saturated heterocycles. The molecular formula is C20H17BrN2O2. The minimum absolute atomic E-state index is 0.175. The lowest BCUT2D eigenvalue weighted by Gasteiger charge is -2.19. The molecule has 1 aromatic heterocycles. The summed E-state index contributed by atoms with van der Waals surface area (Å²) in [5.41, 5.74) is 2.33. The number of hydrogen-bond acceptors (Lipinski definition) is 3. The number of amides is 1. The van der Waals surface area contributed by atoms with E-state index in [9.17, 15) is 4.79 Å². The molecule has 3 aromatic rings. The average Bonchev–Trinajstić information content (AvgIpc) is 2.63. The van der Waals surface area contributed by atoms with Crippen LogP contribution in [0.3, 0.4) is 0 Å². The second-order valence-electron chi connectivity index (χ2n) is 5.62. The van der Waals surface area contributed by atoms with Crippen LogP contribution in [0.4, 0.5) is 5.69 Å². The van der Waals surface area contributed by atoms with Crippen LogP contribution < -0.4 is 9.64 Å². The Bertz CT molecular complexity index is 894. The Morgan fingerprint density at radius 3 is 2.56 bits per heavy atom. The van der Waals surface area contributed by atoms with Gasteiger partial charge in [0.15, 0.2) is 0 Å². The monoisotopic (exact) mass is 396 g/mol. The highest BCUT2D eigenvalue weighted by atomic mass is 79.9. The van der Waals surface area contributed by atoms with Crippen molar-refractivity contribution >= 4 is 27.5 Å². The van der Waals surface area contributed by atoms with E-state index < -0.39 is 0 Å². The van der Waals surface area contributed by atoms with Crippen LogP contribution in [0.5, 0.6) is 11.6 Å². The number of carbonyl (C=O) groups is 1. The highest BCUT2D eigenvalue weighted by Gasteiger charge is 2.19. The molecule has 0 aliphatic heterocycles. The van der Waals surface area contributed by atoms with E-state index in [0.29, 0.717) is 11.3 Å². The molecule has 0 N–H and O–H groups in total. The normalized spacial score (nSPS) is 10.4. The first-order chi connectivity index (χ1) is 12.0. The zero-order valence-corrected chi connectivity index (χ0v) is 15.5. The summed E-state index contributed by atoms with van der Waals surface area (Å²) >= 11 is 3.39. The van der Waals surface area contributed by atoms with Gasteiger partial charge in [-0.1, -0.05) is 28.1 Å². The molecule has 1 amide bonds. The Morgan fingerprint density at radius 2 is 1.84 bits per heavy atom. The first kappa shape index (κ1) is 17.2. The molecule has 0 fully saturated rings. The van der Waals surface area contributed by atoms with Crippen LogP contribution in [-0.4, -0.2) is 17.9 Å². The summed E-state index contributed by atoms with van der Waals surface area (Å²) in [6, 6.07) is 18.6. The number of aryl methyl sites for hydroxylation is 1. The summed E-state index contributed by atoms with van der Waals surface area (Å²) in [7, 11) is 1.74. The molecule has 0 atom stereocenters. The largest absolute Gasteiger partial charge is 0.438 e. The van der Waals surface area contributed by atoms with E-state index in [4.69, 9.17) is 4.74 Å². The van der Waals surface area contributed by atoms with E-state index in [0.717, 1.165) is 15.7 Å². The van der Waals surface area contributed by atoms with E-state index in [1.807, 2.05) is 55.5 Å². The van der Waals surface area contributed by atoms with Crippen LogP contribution in [0.1, 0.15) is 15.9 Å². The van der Waals surface area contributed by atoms with E-state index in [1.54, 1.807) is 30.3 Å². The summed E-state index contributed by atoms with van der Waals surface area (Å²) in [4.78, 5) is 18.7. The number of benzene rings is 2. The number of carbonyl (C=O) groups excluding carboxylic acids is 1. The van der Waals surface area contributed by atoms with Crippen LogP contribution >= 0.6 is 15.9 Å². The zero-order chi connectivity index (χ0) is 17.8. The topological polar surface area (TPSA) is 42.4 Å².